The van der Waals surface area contributed by atoms with E-state index in [9.17, 15) is 13.4 Å². The number of hydrogen-bond acceptors (Lipinski definition) is 3. The SMILES string of the molecule is CC(C)(C)OC(=O)N1CCC(S(=O)Cc2ccc(F)cc2)CC1. The van der Waals surface area contributed by atoms with Crippen LogP contribution in [0.25, 0.3) is 0 Å². The van der Waals surface area contributed by atoms with Crippen molar-refractivity contribution in [1.29, 1.82) is 0 Å². The van der Waals surface area contributed by atoms with E-state index in [1.807, 2.05) is 20.8 Å². The van der Waals surface area contributed by atoms with Crippen LogP contribution in [0.15, 0.2) is 24.3 Å². The van der Waals surface area contributed by atoms with Crippen molar-refractivity contribution in [3.05, 3.63) is 35.6 Å². The molecule has 1 atom stereocenters. The predicted octanol–water partition coefficient (Wildman–Crippen LogP) is 3.47. The summed E-state index contributed by atoms with van der Waals surface area (Å²) in [5, 5.41) is 0.0683. The highest BCUT2D eigenvalue weighted by atomic mass is 32.2. The Balaban J connectivity index is 1.83. The van der Waals surface area contributed by atoms with E-state index in [1.54, 1.807) is 17.0 Å². The third kappa shape index (κ3) is 5.61. The number of carbonyl (C=O) groups excluding carboxylic acids is 1. The van der Waals surface area contributed by atoms with Crippen LogP contribution in [0.5, 0.6) is 0 Å². The Morgan fingerprint density at radius 3 is 2.35 bits per heavy atom. The van der Waals surface area contributed by atoms with E-state index >= 15 is 0 Å². The zero-order valence-corrected chi connectivity index (χ0v) is 14.7. The van der Waals surface area contributed by atoms with Crippen LogP contribution in [0.3, 0.4) is 0 Å². The number of rotatable bonds is 3. The molecule has 1 aromatic carbocycles. The Morgan fingerprint density at radius 1 is 1.26 bits per heavy atom. The summed E-state index contributed by atoms with van der Waals surface area (Å²) in [7, 11) is -1.01. The Kier molecular flexibility index (Phi) is 5.79. The Labute approximate surface area is 139 Å². The summed E-state index contributed by atoms with van der Waals surface area (Å²) in [6.07, 6.45) is 1.10. The highest BCUT2D eigenvalue weighted by Gasteiger charge is 2.29. The Bertz CT molecular complexity index is 560. The maximum atomic E-state index is 12.9. The molecule has 1 fully saturated rings. The molecule has 0 aromatic heterocycles. The summed E-state index contributed by atoms with van der Waals surface area (Å²) in [5.41, 5.74) is 0.374. The summed E-state index contributed by atoms with van der Waals surface area (Å²) in [6, 6.07) is 6.11. The van der Waals surface area contributed by atoms with Crippen LogP contribution < -0.4 is 0 Å². The van der Waals surface area contributed by atoms with Gasteiger partial charge in [-0.1, -0.05) is 12.1 Å². The Hall–Kier alpha value is -1.43. The van der Waals surface area contributed by atoms with Crippen LogP contribution >= 0.6 is 0 Å². The minimum Gasteiger partial charge on any atom is -0.444 e. The lowest BCUT2D eigenvalue weighted by molar-refractivity contribution is 0.0218. The second-order valence-corrected chi connectivity index (χ2v) is 8.54. The van der Waals surface area contributed by atoms with Crippen molar-refractivity contribution in [3.63, 3.8) is 0 Å². The van der Waals surface area contributed by atoms with E-state index in [0.29, 0.717) is 31.7 Å². The van der Waals surface area contributed by atoms with Gasteiger partial charge in [0.1, 0.15) is 11.4 Å². The lowest BCUT2D eigenvalue weighted by Gasteiger charge is -2.33. The predicted molar refractivity (Wildman–Crippen MR) is 89.1 cm³/mol. The number of amides is 1. The van der Waals surface area contributed by atoms with Crippen molar-refractivity contribution in [3.8, 4) is 0 Å². The Morgan fingerprint density at radius 2 is 1.83 bits per heavy atom. The van der Waals surface area contributed by atoms with E-state index in [-0.39, 0.29) is 17.2 Å². The standard InChI is InChI=1S/C17H24FNO3S/c1-17(2,3)22-16(20)19-10-8-15(9-11-19)23(21)12-13-4-6-14(18)7-5-13/h4-7,15H,8-12H2,1-3H3. The minimum atomic E-state index is -1.01. The second kappa shape index (κ2) is 7.43. The second-order valence-electron chi connectivity index (χ2n) is 6.82. The zero-order valence-electron chi connectivity index (χ0n) is 13.9. The molecule has 1 saturated heterocycles. The molecule has 128 valence electrons. The van der Waals surface area contributed by atoms with Gasteiger partial charge in [0.05, 0.1) is 0 Å². The van der Waals surface area contributed by atoms with Crippen molar-refractivity contribution >= 4 is 16.9 Å². The third-order valence-corrected chi connectivity index (χ3v) is 5.52. The number of nitrogens with zero attached hydrogens (tertiary/aromatic N) is 1. The first kappa shape index (κ1) is 17.9. The minimum absolute atomic E-state index is 0.0683. The molecule has 1 aromatic rings. The van der Waals surface area contributed by atoms with Crippen molar-refractivity contribution in [2.45, 2.75) is 50.2 Å². The first-order valence-corrected chi connectivity index (χ1v) is 9.22. The number of carbonyl (C=O) groups is 1. The van der Waals surface area contributed by atoms with Crippen LogP contribution in [0, 0.1) is 5.82 Å². The van der Waals surface area contributed by atoms with Crippen LogP contribution in [-0.2, 0) is 21.3 Å². The summed E-state index contributed by atoms with van der Waals surface area (Å²) in [5.74, 6) is 0.141. The van der Waals surface area contributed by atoms with E-state index in [0.717, 1.165) is 5.56 Å². The van der Waals surface area contributed by atoms with Crippen molar-refractivity contribution < 1.29 is 18.1 Å². The maximum absolute atomic E-state index is 12.9. The molecule has 23 heavy (non-hydrogen) atoms. The summed E-state index contributed by atoms with van der Waals surface area (Å²) in [4.78, 5) is 13.7. The zero-order chi connectivity index (χ0) is 17.0. The van der Waals surface area contributed by atoms with Crippen molar-refractivity contribution in [2.75, 3.05) is 13.1 Å². The molecule has 4 nitrogen and oxygen atoms in total. The lowest BCUT2D eigenvalue weighted by atomic mass is 10.1. The monoisotopic (exact) mass is 341 g/mol. The number of piperidine rings is 1. The van der Waals surface area contributed by atoms with Gasteiger partial charge in [-0.3, -0.25) is 4.21 Å². The molecule has 6 heteroatoms. The molecular formula is C17H24FNO3S. The van der Waals surface area contributed by atoms with E-state index in [4.69, 9.17) is 4.74 Å². The first-order valence-electron chi connectivity index (χ1n) is 7.84. The third-order valence-electron chi connectivity index (χ3n) is 3.69. The molecule has 1 heterocycles. The highest BCUT2D eigenvalue weighted by Crippen LogP contribution is 2.20. The molecule has 0 spiro atoms. The maximum Gasteiger partial charge on any atom is 0.410 e. The molecule has 2 rings (SSSR count). The van der Waals surface area contributed by atoms with Crippen molar-refractivity contribution in [2.24, 2.45) is 0 Å². The van der Waals surface area contributed by atoms with Crippen molar-refractivity contribution in [1.82, 2.24) is 4.90 Å². The summed E-state index contributed by atoms with van der Waals surface area (Å²) in [6.45, 7) is 6.66. The number of halogens is 1. The van der Waals surface area contributed by atoms with E-state index in [1.165, 1.54) is 12.1 Å². The van der Waals surface area contributed by atoms with Gasteiger partial charge in [-0.2, -0.15) is 0 Å². The van der Waals surface area contributed by atoms with Gasteiger partial charge in [-0.15, -0.1) is 0 Å². The van der Waals surface area contributed by atoms with Crippen LogP contribution in [0.1, 0.15) is 39.2 Å². The summed E-state index contributed by atoms with van der Waals surface area (Å²) >= 11 is 0. The van der Waals surface area contributed by atoms with Crippen LogP contribution in [0.2, 0.25) is 0 Å². The number of benzene rings is 1. The first-order chi connectivity index (χ1) is 10.7. The van der Waals surface area contributed by atoms with Crippen LogP contribution in [0.4, 0.5) is 9.18 Å². The quantitative estimate of drug-likeness (QED) is 0.846. The van der Waals surface area contributed by atoms with Gasteiger partial charge in [-0.05, 0) is 51.3 Å². The molecular weight excluding hydrogens is 317 g/mol. The fraction of sp³-hybridized carbons (Fsp3) is 0.588. The molecule has 0 bridgehead atoms. The normalized spacial score (nSPS) is 17.8. The smallest absolute Gasteiger partial charge is 0.410 e. The van der Waals surface area contributed by atoms with E-state index < -0.39 is 16.4 Å². The van der Waals surface area contributed by atoms with Gasteiger partial charge in [0, 0.05) is 34.9 Å². The molecule has 0 aliphatic carbocycles. The highest BCUT2D eigenvalue weighted by molar-refractivity contribution is 7.84. The van der Waals surface area contributed by atoms with Gasteiger partial charge in [0.15, 0.2) is 0 Å². The average Bonchev–Trinajstić information content (AvgIpc) is 2.48. The van der Waals surface area contributed by atoms with Gasteiger partial charge >= 0.3 is 6.09 Å². The number of hydrogen-bond donors (Lipinski definition) is 0. The van der Waals surface area contributed by atoms with Gasteiger partial charge < -0.3 is 9.64 Å². The number of likely N-dealkylation sites (tertiary alicyclic amines) is 1. The largest absolute Gasteiger partial charge is 0.444 e. The average molecular weight is 341 g/mol. The molecule has 1 amide bonds. The van der Waals surface area contributed by atoms with Crippen LogP contribution in [-0.4, -0.2) is 39.1 Å². The summed E-state index contributed by atoms with van der Waals surface area (Å²) < 4.78 is 30.7. The molecule has 0 radical (unpaired) electrons. The molecule has 1 aliphatic heterocycles. The van der Waals surface area contributed by atoms with Gasteiger partial charge in [0.25, 0.3) is 0 Å². The lowest BCUT2D eigenvalue weighted by Crippen LogP contribution is -2.43. The van der Waals surface area contributed by atoms with Gasteiger partial charge in [0.2, 0.25) is 0 Å². The molecule has 0 saturated carbocycles. The molecule has 1 aliphatic rings. The fourth-order valence-electron chi connectivity index (χ4n) is 2.49. The molecule has 0 N–H and O–H groups in total. The fourth-order valence-corrected chi connectivity index (χ4v) is 3.98. The van der Waals surface area contributed by atoms with Gasteiger partial charge in [-0.25, -0.2) is 9.18 Å². The van der Waals surface area contributed by atoms with E-state index in [2.05, 4.69) is 0 Å². The topological polar surface area (TPSA) is 46.6 Å². The molecule has 1 unspecified atom stereocenters. The number of ether oxygens (including phenoxy) is 1.